The lowest BCUT2D eigenvalue weighted by Gasteiger charge is -2.27. The lowest BCUT2D eigenvalue weighted by Crippen LogP contribution is -2.40. The van der Waals surface area contributed by atoms with Crippen LogP contribution in [0.5, 0.6) is 0 Å². The van der Waals surface area contributed by atoms with Crippen LogP contribution in [-0.2, 0) is 13.6 Å². The fourth-order valence-corrected chi connectivity index (χ4v) is 4.11. The van der Waals surface area contributed by atoms with Gasteiger partial charge in [0.15, 0.2) is 0 Å². The highest BCUT2D eigenvalue weighted by Crippen LogP contribution is 2.25. The van der Waals surface area contributed by atoms with Crippen LogP contribution in [0.15, 0.2) is 64.7 Å². The van der Waals surface area contributed by atoms with E-state index in [4.69, 9.17) is 4.98 Å². The quantitative estimate of drug-likeness (QED) is 0.499. The standard InChI is InChI=1S/C22H21N7O2/c1-27-21(31)17-8-11-24-13-19(17)25-22(27)28-12-2-3-16(28)14-29-20(30)5-4-18(26-29)15-6-9-23-10-7-15/h4-11,13,16H,2-3,12,14H2,1H3. The first-order valence-corrected chi connectivity index (χ1v) is 10.2. The fourth-order valence-electron chi connectivity index (χ4n) is 4.11. The van der Waals surface area contributed by atoms with Gasteiger partial charge in [-0.2, -0.15) is 5.10 Å². The molecule has 1 unspecified atom stereocenters. The van der Waals surface area contributed by atoms with E-state index in [1.165, 1.54) is 10.7 Å². The summed E-state index contributed by atoms with van der Waals surface area (Å²) < 4.78 is 3.07. The van der Waals surface area contributed by atoms with Crippen LogP contribution in [0, 0.1) is 0 Å². The Labute approximate surface area is 177 Å². The van der Waals surface area contributed by atoms with Gasteiger partial charge in [0, 0.05) is 43.8 Å². The highest BCUT2D eigenvalue weighted by Gasteiger charge is 2.29. The van der Waals surface area contributed by atoms with Crippen LogP contribution in [0.3, 0.4) is 0 Å². The Bertz CT molecular complexity index is 1360. The van der Waals surface area contributed by atoms with Gasteiger partial charge in [0.2, 0.25) is 5.95 Å². The van der Waals surface area contributed by atoms with Crippen molar-refractivity contribution in [2.75, 3.05) is 11.4 Å². The number of anilines is 1. The number of nitrogens with zero attached hydrogens (tertiary/aromatic N) is 7. The molecule has 0 N–H and O–H groups in total. The van der Waals surface area contributed by atoms with E-state index in [1.54, 1.807) is 48.5 Å². The second-order valence-corrected chi connectivity index (χ2v) is 7.63. The van der Waals surface area contributed by atoms with Crippen molar-refractivity contribution in [2.24, 2.45) is 7.05 Å². The molecule has 0 aliphatic carbocycles. The summed E-state index contributed by atoms with van der Waals surface area (Å²) in [5.74, 6) is 0.589. The van der Waals surface area contributed by atoms with Crippen molar-refractivity contribution < 1.29 is 0 Å². The van der Waals surface area contributed by atoms with Crippen molar-refractivity contribution in [2.45, 2.75) is 25.4 Å². The first kappa shape index (κ1) is 19.1. The van der Waals surface area contributed by atoms with Crippen LogP contribution >= 0.6 is 0 Å². The van der Waals surface area contributed by atoms with Gasteiger partial charge in [0.1, 0.15) is 0 Å². The second-order valence-electron chi connectivity index (χ2n) is 7.63. The second kappa shape index (κ2) is 7.75. The van der Waals surface area contributed by atoms with Gasteiger partial charge in [-0.1, -0.05) is 0 Å². The summed E-state index contributed by atoms with van der Waals surface area (Å²) in [6.45, 7) is 1.17. The van der Waals surface area contributed by atoms with E-state index in [9.17, 15) is 9.59 Å². The molecule has 9 heteroatoms. The molecule has 156 valence electrons. The van der Waals surface area contributed by atoms with E-state index in [-0.39, 0.29) is 17.2 Å². The third-order valence-electron chi connectivity index (χ3n) is 5.72. The Morgan fingerprint density at radius 2 is 1.84 bits per heavy atom. The lowest BCUT2D eigenvalue weighted by atomic mass is 10.2. The van der Waals surface area contributed by atoms with Crippen molar-refractivity contribution in [3.05, 3.63) is 75.8 Å². The molecule has 0 radical (unpaired) electrons. The third kappa shape index (κ3) is 3.48. The average Bonchev–Trinajstić information content (AvgIpc) is 3.26. The Hall–Kier alpha value is -3.88. The third-order valence-corrected chi connectivity index (χ3v) is 5.72. The zero-order valence-electron chi connectivity index (χ0n) is 17.0. The van der Waals surface area contributed by atoms with Crippen LogP contribution in [0.4, 0.5) is 5.95 Å². The minimum atomic E-state index is -0.158. The van der Waals surface area contributed by atoms with Crippen molar-refractivity contribution >= 4 is 16.9 Å². The number of aromatic nitrogens is 6. The molecule has 1 aliphatic heterocycles. The molecule has 0 bridgehead atoms. The Balaban J connectivity index is 1.50. The van der Waals surface area contributed by atoms with Gasteiger partial charge < -0.3 is 4.90 Å². The van der Waals surface area contributed by atoms with Crippen LogP contribution in [0.2, 0.25) is 0 Å². The Kier molecular flexibility index (Phi) is 4.78. The first-order chi connectivity index (χ1) is 15.1. The van der Waals surface area contributed by atoms with Gasteiger partial charge in [-0.15, -0.1) is 0 Å². The molecule has 4 aromatic heterocycles. The molecular formula is C22H21N7O2. The van der Waals surface area contributed by atoms with E-state index < -0.39 is 0 Å². The van der Waals surface area contributed by atoms with Crippen LogP contribution in [0.25, 0.3) is 22.2 Å². The van der Waals surface area contributed by atoms with Gasteiger partial charge in [0.25, 0.3) is 11.1 Å². The van der Waals surface area contributed by atoms with Gasteiger partial charge in [-0.25, -0.2) is 9.67 Å². The number of hydrogen-bond acceptors (Lipinski definition) is 7. The maximum Gasteiger partial charge on any atom is 0.266 e. The minimum Gasteiger partial charge on any atom is -0.337 e. The molecule has 0 saturated carbocycles. The maximum absolute atomic E-state index is 12.8. The largest absolute Gasteiger partial charge is 0.337 e. The predicted molar refractivity (Wildman–Crippen MR) is 117 cm³/mol. The average molecular weight is 415 g/mol. The van der Waals surface area contributed by atoms with Gasteiger partial charge in [-0.3, -0.25) is 24.1 Å². The number of rotatable bonds is 4. The van der Waals surface area contributed by atoms with Crippen LogP contribution < -0.4 is 16.0 Å². The summed E-state index contributed by atoms with van der Waals surface area (Å²) in [4.78, 5) is 40.3. The van der Waals surface area contributed by atoms with Gasteiger partial charge in [-0.05, 0) is 37.1 Å². The minimum absolute atomic E-state index is 0.00473. The van der Waals surface area contributed by atoms with Crippen LogP contribution in [0.1, 0.15) is 12.8 Å². The molecule has 0 amide bonds. The molecule has 4 aromatic rings. The van der Waals surface area contributed by atoms with Crippen molar-refractivity contribution in [3.8, 4) is 11.3 Å². The van der Waals surface area contributed by atoms with E-state index in [0.717, 1.165) is 24.9 Å². The summed E-state index contributed by atoms with van der Waals surface area (Å²) in [6.07, 6.45) is 8.43. The van der Waals surface area contributed by atoms with Crippen LogP contribution in [-0.4, -0.2) is 41.9 Å². The lowest BCUT2D eigenvalue weighted by molar-refractivity contribution is 0.483. The van der Waals surface area contributed by atoms with E-state index in [2.05, 4.69) is 20.0 Å². The first-order valence-electron chi connectivity index (χ1n) is 10.2. The number of pyridine rings is 2. The Morgan fingerprint density at radius 3 is 2.68 bits per heavy atom. The zero-order valence-corrected chi connectivity index (χ0v) is 17.0. The zero-order chi connectivity index (χ0) is 21.4. The molecule has 1 atom stereocenters. The molecular weight excluding hydrogens is 394 g/mol. The van der Waals surface area contributed by atoms with Crippen molar-refractivity contribution in [1.82, 2.24) is 29.3 Å². The monoisotopic (exact) mass is 415 g/mol. The predicted octanol–water partition coefficient (Wildman–Crippen LogP) is 1.62. The van der Waals surface area contributed by atoms with Gasteiger partial charge in [0.05, 0.1) is 35.4 Å². The smallest absolute Gasteiger partial charge is 0.266 e. The molecule has 5 heterocycles. The number of fused-ring (bicyclic) bond motifs is 1. The topological polar surface area (TPSA) is 98.8 Å². The highest BCUT2D eigenvalue weighted by molar-refractivity contribution is 5.77. The molecule has 1 saturated heterocycles. The van der Waals surface area contributed by atoms with E-state index in [1.807, 2.05) is 12.1 Å². The molecule has 31 heavy (non-hydrogen) atoms. The SMILES string of the molecule is Cn1c(N2CCCC2Cn2nc(-c3ccncc3)ccc2=O)nc2cnccc2c1=O. The number of hydrogen-bond donors (Lipinski definition) is 0. The molecule has 1 aliphatic rings. The normalized spacial score (nSPS) is 16.2. The summed E-state index contributed by atoms with van der Waals surface area (Å²) in [6, 6.07) is 8.68. The highest BCUT2D eigenvalue weighted by atomic mass is 16.1. The molecule has 1 fully saturated rings. The summed E-state index contributed by atoms with van der Waals surface area (Å²) in [5.41, 5.74) is 1.92. The maximum atomic E-state index is 12.8. The van der Waals surface area contributed by atoms with Crippen molar-refractivity contribution in [3.63, 3.8) is 0 Å². The molecule has 5 rings (SSSR count). The van der Waals surface area contributed by atoms with Gasteiger partial charge >= 0.3 is 0 Å². The summed E-state index contributed by atoms with van der Waals surface area (Å²) in [7, 11) is 1.73. The van der Waals surface area contributed by atoms with E-state index in [0.29, 0.717) is 29.1 Å². The van der Waals surface area contributed by atoms with E-state index >= 15 is 0 Å². The Morgan fingerprint density at radius 1 is 1.03 bits per heavy atom. The van der Waals surface area contributed by atoms with Crippen molar-refractivity contribution in [1.29, 1.82) is 0 Å². The molecule has 0 spiro atoms. The molecule has 9 nitrogen and oxygen atoms in total. The fraction of sp³-hybridized carbons (Fsp3) is 0.273. The summed E-state index contributed by atoms with van der Waals surface area (Å²) >= 11 is 0. The summed E-state index contributed by atoms with van der Waals surface area (Å²) in [5, 5.41) is 5.12. The molecule has 0 aromatic carbocycles.